The van der Waals surface area contributed by atoms with Crippen LogP contribution in [0.1, 0.15) is 49.9 Å². The average molecular weight is 544 g/mol. The Kier molecular flexibility index (Phi) is 5.90. The van der Waals surface area contributed by atoms with Gasteiger partial charge < -0.3 is 29.2 Å². The number of hydrogen-bond acceptors (Lipinski definition) is 7. The van der Waals surface area contributed by atoms with Gasteiger partial charge in [0, 0.05) is 56.5 Å². The monoisotopic (exact) mass is 543 g/mol. The van der Waals surface area contributed by atoms with Crippen molar-refractivity contribution in [3.8, 4) is 17.4 Å². The largest absolute Gasteiger partial charge is 0.481 e. The van der Waals surface area contributed by atoms with Gasteiger partial charge in [0.2, 0.25) is 5.88 Å². The molecule has 2 aliphatic carbocycles. The molecule has 4 aromatic rings. The van der Waals surface area contributed by atoms with Crippen LogP contribution >= 0.6 is 0 Å². The van der Waals surface area contributed by atoms with E-state index < -0.39 is 0 Å². The van der Waals surface area contributed by atoms with Gasteiger partial charge >= 0.3 is 0 Å². The predicted molar refractivity (Wildman–Crippen MR) is 152 cm³/mol. The first-order valence-corrected chi connectivity index (χ1v) is 14.3. The van der Waals surface area contributed by atoms with Crippen molar-refractivity contribution in [1.29, 1.82) is 0 Å². The summed E-state index contributed by atoms with van der Waals surface area (Å²) in [7, 11) is 3.42. The van der Waals surface area contributed by atoms with Crippen LogP contribution in [0.25, 0.3) is 33.7 Å². The minimum Gasteiger partial charge on any atom is -0.481 e. The van der Waals surface area contributed by atoms with Gasteiger partial charge in [-0.25, -0.2) is 9.97 Å². The highest BCUT2D eigenvalue weighted by Gasteiger charge is 2.47. The molecule has 210 valence electrons. The minimum absolute atomic E-state index is 0.00182. The second-order valence-electron chi connectivity index (χ2n) is 12.0. The Morgan fingerprint density at radius 3 is 2.62 bits per heavy atom. The van der Waals surface area contributed by atoms with Crippen LogP contribution in [0.15, 0.2) is 30.5 Å². The Balaban J connectivity index is 1.32. The third kappa shape index (κ3) is 3.83. The molecule has 2 bridgehead atoms. The minimum atomic E-state index is -0.0804. The normalized spacial score (nSPS) is 27.6. The number of aryl methyl sites for hydroxylation is 1. The molecule has 7 rings (SSSR count). The zero-order valence-corrected chi connectivity index (χ0v) is 23.6. The first-order chi connectivity index (χ1) is 19.3. The number of hydrogen-bond donors (Lipinski definition) is 1. The van der Waals surface area contributed by atoms with Gasteiger partial charge in [-0.2, -0.15) is 4.98 Å². The van der Waals surface area contributed by atoms with E-state index in [1.807, 2.05) is 23.1 Å². The van der Waals surface area contributed by atoms with Crippen LogP contribution < -0.4 is 10.5 Å². The molecule has 1 saturated heterocycles. The number of nitrogens with two attached hydrogens (primary N) is 1. The number of pyridine rings is 2. The molecule has 3 aliphatic rings. The summed E-state index contributed by atoms with van der Waals surface area (Å²) < 4.78 is 15.5. The Bertz CT molecular complexity index is 1620. The Hall–Kier alpha value is -3.50. The van der Waals surface area contributed by atoms with Gasteiger partial charge in [-0.05, 0) is 69.6 Å². The summed E-state index contributed by atoms with van der Waals surface area (Å²) in [6, 6.07) is 8.16. The molecule has 5 heterocycles. The highest BCUT2D eigenvalue weighted by Crippen LogP contribution is 2.42. The van der Waals surface area contributed by atoms with Crippen molar-refractivity contribution >= 4 is 28.1 Å². The van der Waals surface area contributed by atoms with Crippen LogP contribution in [-0.4, -0.2) is 73.3 Å². The molecule has 0 radical (unpaired) electrons. The van der Waals surface area contributed by atoms with Crippen molar-refractivity contribution in [2.75, 3.05) is 20.8 Å². The van der Waals surface area contributed by atoms with Crippen LogP contribution in [0.2, 0.25) is 0 Å². The summed E-state index contributed by atoms with van der Waals surface area (Å²) in [6.45, 7) is 6.50. The first kappa shape index (κ1) is 25.5. The van der Waals surface area contributed by atoms with Crippen LogP contribution in [0.4, 0.5) is 0 Å². The summed E-state index contributed by atoms with van der Waals surface area (Å²) in [5.74, 6) is 2.26. The molecule has 3 atom stereocenters. The molecule has 10 nitrogen and oxygen atoms in total. The number of likely N-dealkylation sites (tertiary alicyclic amines) is 1. The van der Waals surface area contributed by atoms with Crippen LogP contribution in [0.5, 0.6) is 5.88 Å². The number of imidazole rings is 1. The van der Waals surface area contributed by atoms with Gasteiger partial charge in [0.15, 0.2) is 11.5 Å². The molecule has 2 saturated carbocycles. The maximum absolute atomic E-state index is 13.6. The van der Waals surface area contributed by atoms with E-state index in [0.29, 0.717) is 23.3 Å². The third-order valence-electron chi connectivity index (χ3n) is 9.59. The fourth-order valence-corrected chi connectivity index (χ4v) is 7.39. The predicted octanol–water partition coefficient (Wildman–Crippen LogP) is 3.85. The Labute approximate surface area is 233 Å². The van der Waals surface area contributed by atoms with Gasteiger partial charge in [-0.3, -0.25) is 4.79 Å². The van der Waals surface area contributed by atoms with E-state index in [1.54, 1.807) is 20.4 Å². The lowest BCUT2D eigenvalue weighted by Crippen LogP contribution is -2.44. The lowest BCUT2D eigenvalue weighted by atomic mass is 9.72. The van der Waals surface area contributed by atoms with E-state index in [9.17, 15) is 4.79 Å². The molecule has 2 N–H and O–H groups in total. The van der Waals surface area contributed by atoms with Gasteiger partial charge in [-0.15, -0.1) is 0 Å². The van der Waals surface area contributed by atoms with Crippen molar-refractivity contribution in [3.05, 3.63) is 36.0 Å². The maximum Gasteiger partial charge on any atom is 0.255 e. The number of carbonyl (C=O) groups excluding carboxylic acids is 1. The van der Waals surface area contributed by atoms with Gasteiger partial charge in [0.05, 0.1) is 24.0 Å². The number of piperidine rings is 1. The molecular formula is C30H37N7O3. The highest BCUT2D eigenvalue weighted by molar-refractivity contribution is 5.97. The second-order valence-corrected chi connectivity index (χ2v) is 12.0. The number of rotatable bonds is 7. The van der Waals surface area contributed by atoms with Crippen molar-refractivity contribution in [2.24, 2.45) is 17.6 Å². The molecule has 1 aliphatic heterocycles. The maximum atomic E-state index is 13.6. The molecule has 0 unspecified atom stereocenters. The SMILES string of the molecule is CCn1c(-c2nc3cc(C(=O)N4C[C@H]5CC[C@@H]4[C@@H]5N)cnc3n2C[C@H]2C[C@@](C)(OC)C2)cc2ccc(OC)nc21. The number of methoxy groups -OCH3 is 2. The first-order valence-electron chi connectivity index (χ1n) is 14.3. The van der Waals surface area contributed by atoms with Gasteiger partial charge in [0.1, 0.15) is 11.2 Å². The Morgan fingerprint density at radius 2 is 1.95 bits per heavy atom. The summed E-state index contributed by atoms with van der Waals surface area (Å²) in [5, 5.41) is 1.02. The van der Waals surface area contributed by atoms with Crippen LogP contribution in [0, 0.1) is 11.8 Å². The standard InChI is InChI=1S/C30H37N7O3/c1-5-35-23(11-18-7-9-24(39-3)34-26(18)35)28-33-21-10-20(29(38)36-16-19-6-8-22(36)25(19)31)14-32-27(21)37(28)15-17-12-30(2,13-17)40-4/h7,9-11,14,17,19,22,25H,5-6,8,12-13,15-16,31H2,1-4H3/t17-,19-,22-,25-,30+/m1/s1. The van der Waals surface area contributed by atoms with E-state index in [4.69, 9.17) is 30.2 Å². The lowest BCUT2D eigenvalue weighted by molar-refractivity contribution is -0.0937. The fourth-order valence-electron chi connectivity index (χ4n) is 7.39. The topological polar surface area (TPSA) is 113 Å². The highest BCUT2D eigenvalue weighted by atomic mass is 16.5. The number of amides is 1. The molecule has 0 aromatic carbocycles. The number of ether oxygens (including phenoxy) is 2. The number of carbonyl (C=O) groups is 1. The van der Waals surface area contributed by atoms with Crippen molar-refractivity contribution in [2.45, 2.75) is 70.3 Å². The third-order valence-corrected chi connectivity index (χ3v) is 9.59. The average Bonchev–Trinajstić information content (AvgIpc) is 3.70. The van der Waals surface area contributed by atoms with E-state index in [-0.39, 0.29) is 23.6 Å². The van der Waals surface area contributed by atoms with E-state index in [1.165, 1.54) is 0 Å². The van der Waals surface area contributed by atoms with E-state index in [2.05, 4.69) is 29.0 Å². The lowest BCUT2D eigenvalue weighted by Gasteiger charge is -2.44. The fraction of sp³-hybridized carbons (Fsp3) is 0.533. The number of aromatic nitrogens is 5. The van der Waals surface area contributed by atoms with Crippen LogP contribution in [-0.2, 0) is 17.8 Å². The van der Waals surface area contributed by atoms with Gasteiger partial charge in [0.25, 0.3) is 5.91 Å². The van der Waals surface area contributed by atoms with E-state index in [0.717, 1.165) is 79.0 Å². The number of fused-ring (bicyclic) bond motifs is 4. The molecule has 3 fully saturated rings. The van der Waals surface area contributed by atoms with Crippen LogP contribution in [0.3, 0.4) is 0 Å². The zero-order valence-electron chi connectivity index (χ0n) is 23.6. The quantitative estimate of drug-likeness (QED) is 0.377. The summed E-state index contributed by atoms with van der Waals surface area (Å²) in [5.41, 5.74) is 10.2. The van der Waals surface area contributed by atoms with Crippen molar-refractivity contribution < 1.29 is 14.3 Å². The van der Waals surface area contributed by atoms with Crippen molar-refractivity contribution in [3.63, 3.8) is 0 Å². The number of nitrogens with zero attached hydrogens (tertiary/aromatic N) is 6. The summed E-state index contributed by atoms with van der Waals surface area (Å²) in [4.78, 5) is 30.2. The molecule has 10 heteroatoms. The summed E-state index contributed by atoms with van der Waals surface area (Å²) >= 11 is 0. The summed E-state index contributed by atoms with van der Waals surface area (Å²) in [6.07, 6.45) is 5.76. The smallest absolute Gasteiger partial charge is 0.255 e. The van der Waals surface area contributed by atoms with Crippen molar-refractivity contribution in [1.82, 2.24) is 29.0 Å². The second kappa shape index (κ2) is 9.27. The zero-order chi connectivity index (χ0) is 27.8. The molecule has 4 aromatic heterocycles. The van der Waals surface area contributed by atoms with E-state index >= 15 is 0 Å². The Morgan fingerprint density at radius 1 is 1.12 bits per heavy atom. The molecule has 1 amide bonds. The van der Waals surface area contributed by atoms with Gasteiger partial charge in [-0.1, -0.05) is 0 Å². The molecular weight excluding hydrogens is 506 g/mol. The molecule has 40 heavy (non-hydrogen) atoms. The molecule has 0 spiro atoms.